The van der Waals surface area contributed by atoms with Gasteiger partial charge in [-0.2, -0.15) is 0 Å². The van der Waals surface area contributed by atoms with Gasteiger partial charge in [-0.25, -0.2) is 14.6 Å². The van der Waals surface area contributed by atoms with E-state index in [4.69, 9.17) is 19.2 Å². The van der Waals surface area contributed by atoms with Crippen LogP contribution in [-0.4, -0.2) is 53.3 Å². The number of fused-ring (bicyclic) bond motifs is 2. The highest BCUT2D eigenvalue weighted by atomic mass is 16.6. The number of amides is 1. The smallest absolute Gasteiger partial charge is 0.410 e. The number of esters is 2. The number of hydrogen-bond acceptors (Lipinski definition) is 7. The van der Waals surface area contributed by atoms with Gasteiger partial charge in [0, 0.05) is 24.3 Å². The number of carbonyl (C=O) groups is 3. The fraction of sp³-hybridized carbons (Fsp3) is 0.500. The maximum Gasteiger partial charge on any atom is 0.410 e. The number of piperidine rings is 1. The Labute approximate surface area is 186 Å². The van der Waals surface area contributed by atoms with Gasteiger partial charge in [0.2, 0.25) is 0 Å². The minimum Gasteiger partial charge on any atom is -0.462 e. The number of likely N-dealkylation sites (tertiary alicyclic amines) is 1. The molecule has 4 rings (SSSR count). The Hall–Kier alpha value is -3.16. The van der Waals surface area contributed by atoms with Crippen molar-refractivity contribution in [2.75, 3.05) is 13.7 Å². The number of aryl methyl sites for hydroxylation is 1. The second-order valence-electron chi connectivity index (χ2n) is 9.31. The van der Waals surface area contributed by atoms with Crippen LogP contribution < -0.4 is 0 Å². The van der Waals surface area contributed by atoms with Crippen molar-refractivity contribution in [1.29, 1.82) is 0 Å². The van der Waals surface area contributed by atoms with Crippen LogP contribution in [-0.2, 0) is 19.0 Å². The second kappa shape index (κ2) is 8.07. The Morgan fingerprint density at radius 2 is 1.94 bits per heavy atom. The summed E-state index contributed by atoms with van der Waals surface area (Å²) in [6.07, 6.45) is -0.218. The van der Waals surface area contributed by atoms with Crippen LogP contribution in [0.5, 0.6) is 0 Å². The molecule has 0 radical (unpaired) electrons. The number of methoxy groups -OCH3 is 1. The summed E-state index contributed by atoms with van der Waals surface area (Å²) in [5.74, 6) is -1.15. The van der Waals surface area contributed by atoms with Gasteiger partial charge in [-0.05, 0) is 39.3 Å². The molecule has 1 aromatic carbocycles. The van der Waals surface area contributed by atoms with Crippen LogP contribution in [0.15, 0.2) is 24.3 Å². The van der Waals surface area contributed by atoms with Gasteiger partial charge in [-0.15, -0.1) is 0 Å². The number of pyridine rings is 1. The standard InChI is InChI=1S/C24H28N2O6/c1-13-14-8-6-7-9-16(14)25-20(19(13)22(28)32-24(2,3)4)21-15-12-18(27)31-17(15)10-11-26(21)23(29)30-5/h6-9,15,17,21H,10-12H2,1-5H3/t15-,17-,21+/m0/s1. The second-order valence-corrected chi connectivity index (χ2v) is 9.31. The van der Waals surface area contributed by atoms with E-state index in [0.717, 1.165) is 10.9 Å². The highest BCUT2D eigenvalue weighted by molar-refractivity contribution is 5.99. The quantitative estimate of drug-likeness (QED) is 0.515. The first-order valence-corrected chi connectivity index (χ1v) is 10.8. The number of carbonyl (C=O) groups excluding carboxylic acids is 3. The maximum atomic E-state index is 13.4. The van der Waals surface area contributed by atoms with Crippen molar-refractivity contribution >= 4 is 28.9 Å². The first-order chi connectivity index (χ1) is 15.1. The molecule has 2 fully saturated rings. The Bertz CT molecular complexity index is 1090. The van der Waals surface area contributed by atoms with Crippen molar-refractivity contribution < 1.29 is 28.6 Å². The van der Waals surface area contributed by atoms with Gasteiger partial charge in [0.05, 0.1) is 36.3 Å². The first-order valence-electron chi connectivity index (χ1n) is 10.8. The molecule has 1 amide bonds. The first kappa shape index (κ1) is 22.0. The largest absolute Gasteiger partial charge is 0.462 e. The van der Waals surface area contributed by atoms with Gasteiger partial charge in [-0.1, -0.05) is 18.2 Å². The number of hydrogen-bond donors (Lipinski definition) is 0. The molecule has 1 aromatic heterocycles. The molecule has 0 saturated carbocycles. The minimum absolute atomic E-state index is 0.143. The minimum atomic E-state index is -0.712. The number of ether oxygens (including phenoxy) is 3. The van der Waals surface area contributed by atoms with E-state index >= 15 is 0 Å². The zero-order valence-electron chi connectivity index (χ0n) is 19.0. The average molecular weight is 440 g/mol. The Morgan fingerprint density at radius 1 is 1.22 bits per heavy atom. The molecule has 2 aliphatic rings. The molecule has 0 spiro atoms. The highest BCUT2D eigenvalue weighted by Crippen LogP contribution is 2.45. The fourth-order valence-corrected chi connectivity index (χ4v) is 4.73. The van der Waals surface area contributed by atoms with Crippen LogP contribution in [0.3, 0.4) is 0 Å². The van der Waals surface area contributed by atoms with Crippen molar-refractivity contribution in [1.82, 2.24) is 9.88 Å². The predicted octanol–water partition coefficient (Wildman–Crippen LogP) is 3.94. The van der Waals surface area contributed by atoms with E-state index < -0.39 is 23.7 Å². The van der Waals surface area contributed by atoms with Crippen molar-refractivity contribution in [2.24, 2.45) is 5.92 Å². The van der Waals surface area contributed by atoms with E-state index in [0.29, 0.717) is 29.7 Å². The summed E-state index contributed by atoms with van der Waals surface area (Å²) in [5.41, 5.74) is 1.43. The number of rotatable bonds is 2. The van der Waals surface area contributed by atoms with Gasteiger partial charge in [0.25, 0.3) is 0 Å². The molecular weight excluding hydrogens is 412 g/mol. The van der Waals surface area contributed by atoms with Gasteiger partial charge >= 0.3 is 18.0 Å². The van der Waals surface area contributed by atoms with Crippen LogP contribution in [0.25, 0.3) is 10.9 Å². The summed E-state index contributed by atoms with van der Waals surface area (Å²) < 4.78 is 16.3. The lowest BCUT2D eigenvalue weighted by molar-refractivity contribution is -0.142. The van der Waals surface area contributed by atoms with Crippen LogP contribution in [0.2, 0.25) is 0 Å². The van der Waals surface area contributed by atoms with Crippen LogP contribution in [0, 0.1) is 12.8 Å². The van der Waals surface area contributed by atoms with E-state index in [1.54, 1.807) is 25.7 Å². The predicted molar refractivity (Wildman–Crippen MR) is 116 cm³/mol. The van der Waals surface area contributed by atoms with Crippen LogP contribution in [0.1, 0.15) is 61.3 Å². The molecular formula is C24H28N2O6. The molecule has 2 aliphatic heterocycles. The number of nitrogens with zero attached hydrogens (tertiary/aromatic N) is 2. The Balaban J connectivity index is 1.95. The number of para-hydroxylation sites is 1. The van der Waals surface area contributed by atoms with E-state index in [1.807, 2.05) is 31.2 Å². The SMILES string of the molecule is COC(=O)N1CC[C@@H]2OC(=O)C[C@@H]2[C@@H]1c1nc2ccccc2c(C)c1C(=O)OC(C)(C)C. The zero-order valence-corrected chi connectivity index (χ0v) is 19.0. The fourth-order valence-electron chi connectivity index (χ4n) is 4.73. The van der Waals surface area contributed by atoms with Crippen molar-refractivity contribution in [3.05, 3.63) is 41.1 Å². The highest BCUT2D eigenvalue weighted by Gasteiger charge is 2.50. The number of benzene rings is 1. The molecule has 3 heterocycles. The van der Waals surface area contributed by atoms with Crippen LogP contribution in [0.4, 0.5) is 4.79 Å². The molecule has 32 heavy (non-hydrogen) atoms. The number of aromatic nitrogens is 1. The monoisotopic (exact) mass is 440 g/mol. The molecule has 8 nitrogen and oxygen atoms in total. The van der Waals surface area contributed by atoms with E-state index in [-0.39, 0.29) is 24.4 Å². The molecule has 0 aliphatic carbocycles. The van der Waals surface area contributed by atoms with E-state index in [9.17, 15) is 14.4 Å². The Kier molecular flexibility index (Phi) is 5.56. The van der Waals surface area contributed by atoms with Gasteiger partial charge in [0.1, 0.15) is 11.7 Å². The van der Waals surface area contributed by atoms with E-state index in [1.165, 1.54) is 7.11 Å². The molecule has 0 unspecified atom stereocenters. The summed E-state index contributed by atoms with van der Waals surface area (Å²) >= 11 is 0. The van der Waals surface area contributed by atoms with Crippen LogP contribution >= 0.6 is 0 Å². The molecule has 170 valence electrons. The summed E-state index contributed by atoms with van der Waals surface area (Å²) in [6.45, 7) is 7.58. The molecule has 0 bridgehead atoms. The van der Waals surface area contributed by atoms with E-state index in [2.05, 4.69) is 0 Å². The summed E-state index contributed by atoms with van der Waals surface area (Å²) in [4.78, 5) is 44.7. The third-order valence-electron chi connectivity index (χ3n) is 6.03. The topological polar surface area (TPSA) is 95.0 Å². The molecule has 2 saturated heterocycles. The average Bonchev–Trinajstić information content (AvgIpc) is 3.11. The third kappa shape index (κ3) is 3.89. The Morgan fingerprint density at radius 3 is 2.62 bits per heavy atom. The third-order valence-corrected chi connectivity index (χ3v) is 6.03. The summed E-state index contributed by atoms with van der Waals surface area (Å²) in [5, 5.41) is 0.827. The lowest BCUT2D eigenvalue weighted by Gasteiger charge is -2.41. The van der Waals surface area contributed by atoms with Crippen molar-refractivity contribution in [3.8, 4) is 0 Å². The lowest BCUT2D eigenvalue weighted by Crippen LogP contribution is -2.48. The van der Waals surface area contributed by atoms with Crippen molar-refractivity contribution in [3.63, 3.8) is 0 Å². The van der Waals surface area contributed by atoms with Gasteiger partial charge in [0.15, 0.2) is 0 Å². The molecule has 2 aromatic rings. The molecule has 3 atom stereocenters. The summed E-state index contributed by atoms with van der Waals surface area (Å²) in [7, 11) is 1.32. The molecule has 8 heteroatoms. The normalized spacial score (nSPS) is 23.0. The van der Waals surface area contributed by atoms with Gasteiger partial charge < -0.3 is 14.2 Å². The van der Waals surface area contributed by atoms with Crippen molar-refractivity contribution in [2.45, 2.75) is 58.3 Å². The maximum absolute atomic E-state index is 13.4. The zero-order chi connectivity index (χ0) is 23.2. The molecule has 0 N–H and O–H groups in total. The summed E-state index contributed by atoms with van der Waals surface area (Å²) in [6, 6.07) is 6.87. The van der Waals surface area contributed by atoms with Gasteiger partial charge in [-0.3, -0.25) is 9.69 Å². The lowest BCUT2D eigenvalue weighted by atomic mass is 9.82.